The minimum Gasteiger partial charge on any atom is -0.467 e. The highest BCUT2D eigenvalue weighted by molar-refractivity contribution is 5.82. The molecule has 0 spiro atoms. The van der Waals surface area contributed by atoms with Crippen LogP contribution in [0.5, 0.6) is 0 Å². The molecule has 1 saturated heterocycles. The molecule has 1 aliphatic heterocycles. The van der Waals surface area contributed by atoms with Gasteiger partial charge in [-0.15, -0.1) is 0 Å². The van der Waals surface area contributed by atoms with Crippen LogP contribution in [0.25, 0.3) is 10.4 Å². The van der Waals surface area contributed by atoms with Gasteiger partial charge in [0.15, 0.2) is 0 Å². The Bertz CT molecular complexity index is 411. The summed E-state index contributed by atoms with van der Waals surface area (Å²) in [7, 11) is 1.25. The van der Waals surface area contributed by atoms with Crippen LogP contribution in [0.1, 0.15) is 27.2 Å². The third-order valence-electron chi connectivity index (χ3n) is 2.60. The predicted octanol–water partition coefficient (Wildman–Crippen LogP) is 1.85. The molecule has 0 bridgehead atoms. The molecule has 0 unspecified atom stereocenters. The molecular weight excluding hydrogens is 252 g/mol. The number of azide groups is 1. The molecule has 8 heteroatoms. The molecule has 0 N–H and O–H groups in total. The average Bonchev–Trinajstić information content (AvgIpc) is 2.70. The number of likely N-dealkylation sites (tertiary alicyclic amines) is 1. The van der Waals surface area contributed by atoms with Gasteiger partial charge in [-0.05, 0) is 32.7 Å². The number of rotatable bonds is 2. The normalized spacial score (nSPS) is 22.6. The van der Waals surface area contributed by atoms with E-state index in [1.54, 1.807) is 20.8 Å². The van der Waals surface area contributed by atoms with Crippen molar-refractivity contribution in [3.8, 4) is 0 Å². The van der Waals surface area contributed by atoms with E-state index >= 15 is 0 Å². The average molecular weight is 270 g/mol. The van der Waals surface area contributed by atoms with E-state index < -0.39 is 29.7 Å². The number of ether oxygens (including phenoxy) is 2. The van der Waals surface area contributed by atoms with Crippen molar-refractivity contribution in [2.24, 2.45) is 5.11 Å². The third kappa shape index (κ3) is 4.03. The van der Waals surface area contributed by atoms with Gasteiger partial charge < -0.3 is 9.47 Å². The summed E-state index contributed by atoms with van der Waals surface area (Å²) in [5, 5.41) is 3.54. The van der Waals surface area contributed by atoms with Crippen molar-refractivity contribution in [3.63, 3.8) is 0 Å². The fourth-order valence-corrected chi connectivity index (χ4v) is 1.85. The Morgan fingerprint density at radius 2 is 2.05 bits per heavy atom. The Morgan fingerprint density at radius 1 is 1.42 bits per heavy atom. The molecule has 1 rings (SSSR count). The van der Waals surface area contributed by atoms with Crippen molar-refractivity contribution in [1.29, 1.82) is 0 Å². The fraction of sp³-hybridized carbons (Fsp3) is 0.818. The highest BCUT2D eigenvalue weighted by Gasteiger charge is 2.41. The number of methoxy groups -OCH3 is 1. The summed E-state index contributed by atoms with van der Waals surface area (Å²) < 4.78 is 9.87. The zero-order chi connectivity index (χ0) is 14.6. The smallest absolute Gasteiger partial charge is 0.411 e. The first-order chi connectivity index (χ1) is 8.78. The van der Waals surface area contributed by atoms with Crippen LogP contribution in [0.15, 0.2) is 5.11 Å². The van der Waals surface area contributed by atoms with E-state index in [4.69, 9.17) is 10.3 Å². The topological polar surface area (TPSA) is 105 Å². The molecule has 0 aromatic rings. The van der Waals surface area contributed by atoms with Crippen molar-refractivity contribution in [3.05, 3.63) is 10.4 Å². The number of hydrogen-bond donors (Lipinski definition) is 0. The molecule has 8 nitrogen and oxygen atoms in total. The number of hydrogen-bond acceptors (Lipinski definition) is 5. The monoisotopic (exact) mass is 270 g/mol. The van der Waals surface area contributed by atoms with E-state index in [9.17, 15) is 9.59 Å². The van der Waals surface area contributed by atoms with Gasteiger partial charge in [0, 0.05) is 11.5 Å². The van der Waals surface area contributed by atoms with Gasteiger partial charge in [0.05, 0.1) is 13.2 Å². The fourth-order valence-electron chi connectivity index (χ4n) is 1.85. The largest absolute Gasteiger partial charge is 0.467 e. The molecule has 0 aromatic heterocycles. The molecule has 0 aliphatic carbocycles. The molecule has 106 valence electrons. The highest BCUT2D eigenvalue weighted by Crippen LogP contribution is 2.24. The van der Waals surface area contributed by atoms with Gasteiger partial charge >= 0.3 is 12.1 Å². The predicted molar refractivity (Wildman–Crippen MR) is 66.3 cm³/mol. The van der Waals surface area contributed by atoms with Crippen molar-refractivity contribution in [2.75, 3.05) is 13.7 Å². The summed E-state index contributed by atoms with van der Waals surface area (Å²) in [6, 6.07) is -1.21. The standard InChI is InChI=1S/C11H18N4O4/c1-11(2,3)19-10(17)15-6-7(13-14-12)5-8(15)9(16)18-4/h7-8H,5-6H2,1-4H3/t7-,8+/m0/s1. The molecule has 0 aromatic carbocycles. The van der Waals surface area contributed by atoms with Gasteiger partial charge in [-0.2, -0.15) is 0 Å². The Hall–Kier alpha value is -1.95. The van der Waals surface area contributed by atoms with Crippen molar-refractivity contribution < 1.29 is 19.1 Å². The first-order valence-electron chi connectivity index (χ1n) is 5.90. The zero-order valence-corrected chi connectivity index (χ0v) is 11.5. The van der Waals surface area contributed by atoms with Crippen LogP contribution in [0.2, 0.25) is 0 Å². The molecule has 0 saturated carbocycles. The van der Waals surface area contributed by atoms with Gasteiger partial charge in [-0.3, -0.25) is 4.90 Å². The summed E-state index contributed by atoms with van der Waals surface area (Å²) in [6.07, 6.45) is -0.366. The summed E-state index contributed by atoms with van der Waals surface area (Å²) in [5.74, 6) is -0.540. The van der Waals surface area contributed by atoms with Gasteiger partial charge in [0.1, 0.15) is 11.6 Å². The van der Waals surface area contributed by atoms with Gasteiger partial charge in [-0.1, -0.05) is 5.11 Å². The molecular formula is C11H18N4O4. The molecule has 0 radical (unpaired) electrons. The molecule has 1 amide bonds. The molecule has 2 atom stereocenters. The van der Waals surface area contributed by atoms with Crippen molar-refractivity contribution in [1.82, 2.24) is 4.90 Å². The molecule has 1 fully saturated rings. The van der Waals surface area contributed by atoms with Crippen LogP contribution in [0, 0.1) is 0 Å². The van der Waals surface area contributed by atoms with Crippen molar-refractivity contribution >= 4 is 12.1 Å². The second-order valence-electron chi connectivity index (χ2n) is 5.27. The second kappa shape index (κ2) is 5.79. The van der Waals surface area contributed by atoms with Crippen LogP contribution in [-0.4, -0.2) is 48.3 Å². The van der Waals surface area contributed by atoms with E-state index in [2.05, 4.69) is 14.8 Å². The number of esters is 1. The minimum atomic E-state index is -0.768. The highest BCUT2D eigenvalue weighted by atomic mass is 16.6. The maximum absolute atomic E-state index is 12.0. The molecule has 19 heavy (non-hydrogen) atoms. The summed E-state index contributed by atoms with van der Waals surface area (Å²) in [5.41, 5.74) is 7.77. The Balaban J connectivity index is 2.85. The minimum absolute atomic E-state index is 0.152. The SMILES string of the molecule is COC(=O)[C@H]1C[C@H](N=[N+]=[N-])CN1C(=O)OC(C)(C)C. The lowest BCUT2D eigenvalue weighted by Crippen LogP contribution is -2.43. The Kier molecular flexibility index (Phi) is 4.61. The maximum atomic E-state index is 12.0. The quantitative estimate of drug-likeness (QED) is 0.330. The number of nitrogens with zero attached hydrogens (tertiary/aromatic N) is 4. The second-order valence-corrected chi connectivity index (χ2v) is 5.27. The molecule has 1 heterocycles. The van der Waals surface area contributed by atoms with Gasteiger partial charge in [-0.25, -0.2) is 9.59 Å². The van der Waals surface area contributed by atoms with Crippen LogP contribution in [-0.2, 0) is 14.3 Å². The summed E-state index contributed by atoms with van der Waals surface area (Å²) >= 11 is 0. The zero-order valence-electron chi connectivity index (χ0n) is 11.5. The summed E-state index contributed by atoms with van der Waals surface area (Å²) in [4.78, 5) is 27.6. The number of amides is 1. The van der Waals surface area contributed by atoms with Gasteiger partial charge in [0.2, 0.25) is 0 Å². The molecule has 1 aliphatic rings. The van der Waals surface area contributed by atoms with Crippen LogP contribution in [0.4, 0.5) is 4.79 Å². The lowest BCUT2D eigenvalue weighted by molar-refractivity contribution is -0.145. The maximum Gasteiger partial charge on any atom is 0.411 e. The van der Waals surface area contributed by atoms with Gasteiger partial charge in [0.25, 0.3) is 0 Å². The van der Waals surface area contributed by atoms with E-state index in [0.29, 0.717) is 0 Å². The van der Waals surface area contributed by atoms with Crippen LogP contribution >= 0.6 is 0 Å². The van der Waals surface area contributed by atoms with E-state index in [-0.39, 0.29) is 13.0 Å². The third-order valence-corrected chi connectivity index (χ3v) is 2.60. The summed E-state index contributed by atoms with van der Waals surface area (Å²) in [6.45, 7) is 5.36. The first-order valence-corrected chi connectivity index (χ1v) is 5.90. The van der Waals surface area contributed by atoms with Crippen LogP contribution < -0.4 is 0 Å². The lowest BCUT2D eigenvalue weighted by atomic mass is 10.2. The van der Waals surface area contributed by atoms with Crippen molar-refractivity contribution in [2.45, 2.75) is 44.9 Å². The van der Waals surface area contributed by atoms with Crippen LogP contribution in [0.3, 0.4) is 0 Å². The number of carbonyl (C=O) groups is 2. The van der Waals surface area contributed by atoms with E-state index in [0.717, 1.165) is 0 Å². The van der Waals surface area contributed by atoms with E-state index in [1.165, 1.54) is 12.0 Å². The Labute approximate surface area is 111 Å². The first kappa shape index (κ1) is 15.1. The van der Waals surface area contributed by atoms with E-state index in [1.807, 2.05) is 0 Å². The Morgan fingerprint density at radius 3 is 2.53 bits per heavy atom. The number of carbonyl (C=O) groups excluding carboxylic acids is 2. The lowest BCUT2D eigenvalue weighted by Gasteiger charge is -2.27.